The van der Waals surface area contributed by atoms with Gasteiger partial charge in [-0.15, -0.1) is 12.4 Å². The first kappa shape index (κ1) is 12.5. The Kier molecular flexibility index (Phi) is 4.11. The van der Waals surface area contributed by atoms with Crippen molar-refractivity contribution in [2.75, 3.05) is 0 Å². The van der Waals surface area contributed by atoms with Crippen LogP contribution in [0.1, 0.15) is 11.1 Å². The number of fused-ring (bicyclic) bond motifs is 1. The molecule has 0 saturated carbocycles. The number of aliphatic hydroxyl groups is 2. The summed E-state index contributed by atoms with van der Waals surface area (Å²) < 4.78 is 0. The average Bonchev–Trinajstić information content (AvgIpc) is 2.28. The molecule has 84 valence electrons. The van der Waals surface area contributed by atoms with Gasteiger partial charge in [-0.1, -0.05) is 24.3 Å². The van der Waals surface area contributed by atoms with Gasteiger partial charge in [0.2, 0.25) is 0 Å². The molecule has 3 atom stereocenters. The standard InChI is InChI=1S/C11H15NO2.ClH/c12-9-5-7-3-1-2-4-8(7)6-10(13)11(9)14;/h1-4,9-11,13-14H,5-6,12H2;1H/t9-,10+,11-;/m0./s1. The van der Waals surface area contributed by atoms with E-state index in [1.54, 1.807) is 0 Å². The number of hydrogen-bond donors (Lipinski definition) is 3. The van der Waals surface area contributed by atoms with Gasteiger partial charge in [-0.05, 0) is 17.5 Å². The van der Waals surface area contributed by atoms with Crippen molar-refractivity contribution in [1.29, 1.82) is 0 Å². The number of halogens is 1. The van der Waals surface area contributed by atoms with Gasteiger partial charge in [0.05, 0.1) is 12.2 Å². The van der Waals surface area contributed by atoms with E-state index in [0.717, 1.165) is 11.1 Å². The van der Waals surface area contributed by atoms with E-state index in [9.17, 15) is 10.2 Å². The van der Waals surface area contributed by atoms with Crippen LogP contribution in [0.15, 0.2) is 24.3 Å². The topological polar surface area (TPSA) is 66.5 Å². The van der Waals surface area contributed by atoms with E-state index in [4.69, 9.17) is 5.73 Å². The summed E-state index contributed by atoms with van der Waals surface area (Å²) in [5, 5.41) is 19.3. The van der Waals surface area contributed by atoms with E-state index in [2.05, 4.69) is 0 Å². The van der Waals surface area contributed by atoms with Gasteiger partial charge in [0.1, 0.15) is 0 Å². The van der Waals surface area contributed by atoms with Crippen LogP contribution in [0.2, 0.25) is 0 Å². The summed E-state index contributed by atoms with van der Waals surface area (Å²) in [7, 11) is 0. The van der Waals surface area contributed by atoms with Crippen LogP contribution in [0.3, 0.4) is 0 Å². The molecule has 0 aliphatic heterocycles. The molecule has 0 unspecified atom stereocenters. The fraction of sp³-hybridized carbons (Fsp3) is 0.455. The van der Waals surface area contributed by atoms with Crippen LogP contribution < -0.4 is 5.73 Å². The van der Waals surface area contributed by atoms with Crippen LogP contribution in [-0.2, 0) is 12.8 Å². The maximum absolute atomic E-state index is 9.64. The molecule has 0 fully saturated rings. The first-order valence-electron chi connectivity index (χ1n) is 4.87. The van der Waals surface area contributed by atoms with Crippen molar-refractivity contribution in [2.24, 2.45) is 5.73 Å². The molecular formula is C11H16ClNO2. The minimum absolute atomic E-state index is 0. The van der Waals surface area contributed by atoms with E-state index in [1.807, 2.05) is 24.3 Å². The Balaban J connectivity index is 0.00000112. The molecular weight excluding hydrogens is 214 g/mol. The zero-order chi connectivity index (χ0) is 10.1. The molecule has 0 heterocycles. The fourth-order valence-electron chi connectivity index (χ4n) is 1.96. The number of nitrogens with two attached hydrogens (primary N) is 1. The number of hydrogen-bond acceptors (Lipinski definition) is 3. The second-order valence-corrected chi connectivity index (χ2v) is 3.90. The van der Waals surface area contributed by atoms with Crippen molar-refractivity contribution in [3.8, 4) is 0 Å². The highest BCUT2D eigenvalue weighted by molar-refractivity contribution is 5.85. The quantitative estimate of drug-likeness (QED) is 0.559. The Bertz CT molecular complexity index is 301. The lowest BCUT2D eigenvalue weighted by Crippen LogP contribution is -2.43. The van der Waals surface area contributed by atoms with Crippen molar-refractivity contribution < 1.29 is 10.2 Å². The van der Waals surface area contributed by atoms with Crippen LogP contribution in [0.5, 0.6) is 0 Å². The molecule has 0 radical (unpaired) electrons. The number of rotatable bonds is 0. The van der Waals surface area contributed by atoms with Crippen LogP contribution in [0.4, 0.5) is 0 Å². The molecule has 3 nitrogen and oxygen atoms in total. The van der Waals surface area contributed by atoms with Crippen LogP contribution >= 0.6 is 12.4 Å². The molecule has 0 saturated heterocycles. The summed E-state index contributed by atoms with van der Waals surface area (Å²) in [6, 6.07) is 7.50. The van der Waals surface area contributed by atoms with E-state index in [1.165, 1.54) is 0 Å². The molecule has 0 amide bonds. The molecule has 15 heavy (non-hydrogen) atoms. The van der Waals surface area contributed by atoms with Crippen LogP contribution in [0, 0.1) is 0 Å². The van der Waals surface area contributed by atoms with Crippen molar-refractivity contribution in [3.05, 3.63) is 35.4 Å². The third kappa shape index (κ3) is 2.49. The maximum atomic E-state index is 9.64. The zero-order valence-electron chi connectivity index (χ0n) is 8.34. The lowest BCUT2D eigenvalue weighted by atomic mass is 10.0. The lowest BCUT2D eigenvalue weighted by molar-refractivity contribution is 0.00800. The molecule has 2 rings (SSSR count). The molecule has 0 spiro atoms. The summed E-state index contributed by atoms with van der Waals surface area (Å²) in [5.41, 5.74) is 8.00. The Hall–Kier alpha value is -0.610. The number of benzene rings is 1. The molecule has 1 aromatic carbocycles. The molecule has 4 N–H and O–H groups in total. The Labute approximate surface area is 95.3 Å². The van der Waals surface area contributed by atoms with E-state index in [0.29, 0.717) is 12.8 Å². The lowest BCUT2D eigenvalue weighted by Gasteiger charge is -2.19. The molecule has 0 bridgehead atoms. The highest BCUT2D eigenvalue weighted by Crippen LogP contribution is 2.20. The molecule has 1 aromatic rings. The van der Waals surface area contributed by atoms with Crippen molar-refractivity contribution in [2.45, 2.75) is 31.1 Å². The highest BCUT2D eigenvalue weighted by Gasteiger charge is 2.28. The third-order valence-corrected chi connectivity index (χ3v) is 2.84. The summed E-state index contributed by atoms with van der Waals surface area (Å²) >= 11 is 0. The molecule has 1 aliphatic carbocycles. The molecule has 0 aromatic heterocycles. The zero-order valence-corrected chi connectivity index (χ0v) is 9.15. The summed E-state index contributed by atoms with van der Waals surface area (Å²) in [6.45, 7) is 0. The van der Waals surface area contributed by atoms with Gasteiger partial charge in [0.25, 0.3) is 0 Å². The molecule has 4 heteroatoms. The Morgan fingerprint density at radius 2 is 1.60 bits per heavy atom. The summed E-state index contributed by atoms with van der Waals surface area (Å²) in [4.78, 5) is 0. The van der Waals surface area contributed by atoms with Gasteiger partial charge in [-0.25, -0.2) is 0 Å². The Morgan fingerprint density at radius 1 is 1.07 bits per heavy atom. The van der Waals surface area contributed by atoms with Gasteiger partial charge < -0.3 is 15.9 Å². The van der Waals surface area contributed by atoms with Gasteiger partial charge in [-0.2, -0.15) is 0 Å². The van der Waals surface area contributed by atoms with Crippen LogP contribution in [-0.4, -0.2) is 28.5 Å². The monoisotopic (exact) mass is 229 g/mol. The third-order valence-electron chi connectivity index (χ3n) is 2.84. The van der Waals surface area contributed by atoms with Crippen LogP contribution in [0.25, 0.3) is 0 Å². The van der Waals surface area contributed by atoms with E-state index >= 15 is 0 Å². The minimum atomic E-state index is -0.817. The summed E-state index contributed by atoms with van der Waals surface area (Å²) in [6.07, 6.45) is -0.435. The largest absolute Gasteiger partial charge is 0.390 e. The minimum Gasteiger partial charge on any atom is -0.390 e. The van der Waals surface area contributed by atoms with Gasteiger partial charge >= 0.3 is 0 Å². The second kappa shape index (κ2) is 4.94. The first-order valence-corrected chi connectivity index (χ1v) is 4.87. The second-order valence-electron chi connectivity index (χ2n) is 3.90. The average molecular weight is 230 g/mol. The Morgan fingerprint density at radius 3 is 2.20 bits per heavy atom. The predicted octanol–water partition coefficient (Wildman–Crippen LogP) is 0.256. The smallest absolute Gasteiger partial charge is 0.0955 e. The first-order chi connectivity index (χ1) is 6.68. The fourth-order valence-corrected chi connectivity index (χ4v) is 1.96. The predicted molar refractivity (Wildman–Crippen MR) is 61.1 cm³/mol. The van der Waals surface area contributed by atoms with Crippen molar-refractivity contribution in [1.82, 2.24) is 0 Å². The summed E-state index contributed by atoms with van der Waals surface area (Å²) in [5.74, 6) is 0. The number of aliphatic hydroxyl groups excluding tert-OH is 2. The van der Waals surface area contributed by atoms with Crippen molar-refractivity contribution in [3.63, 3.8) is 0 Å². The van der Waals surface area contributed by atoms with Gasteiger partial charge in [0.15, 0.2) is 0 Å². The normalized spacial score (nSPS) is 29.9. The van der Waals surface area contributed by atoms with E-state index < -0.39 is 12.2 Å². The van der Waals surface area contributed by atoms with E-state index in [-0.39, 0.29) is 18.4 Å². The maximum Gasteiger partial charge on any atom is 0.0955 e. The SMILES string of the molecule is Cl.N[C@H]1Cc2ccccc2C[C@@H](O)[C@H]1O. The van der Waals surface area contributed by atoms with Crippen molar-refractivity contribution >= 4 is 12.4 Å². The highest BCUT2D eigenvalue weighted by atomic mass is 35.5. The van der Waals surface area contributed by atoms with Gasteiger partial charge in [0, 0.05) is 12.5 Å². The molecule has 1 aliphatic rings. The van der Waals surface area contributed by atoms with Gasteiger partial charge in [-0.3, -0.25) is 0 Å².